The zero-order valence-electron chi connectivity index (χ0n) is 10.4. The first-order chi connectivity index (χ1) is 8.91. The molecule has 100 valence electrons. The number of carbonyl (C=O) groups is 1. The van der Waals surface area contributed by atoms with Crippen LogP contribution in [-0.4, -0.2) is 15.6 Å². The zero-order valence-corrected chi connectivity index (χ0v) is 12.7. The number of rotatable bonds is 3. The van der Waals surface area contributed by atoms with E-state index in [1.807, 2.05) is 6.92 Å². The Balaban J connectivity index is 2.34. The molecule has 1 aromatic heterocycles. The number of ketones is 1. The van der Waals surface area contributed by atoms with Gasteiger partial charge in [0.15, 0.2) is 11.6 Å². The van der Waals surface area contributed by atoms with Gasteiger partial charge in [0.05, 0.1) is 32.9 Å². The van der Waals surface area contributed by atoms with Crippen molar-refractivity contribution in [2.24, 2.45) is 7.05 Å². The van der Waals surface area contributed by atoms with Gasteiger partial charge in [0.25, 0.3) is 0 Å². The maximum atomic E-state index is 13.8. The van der Waals surface area contributed by atoms with Crippen LogP contribution in [0.1, 0.15) is 21.7 Å². The Hall–Kier alpha value is -1.20. The fourth-order valence-electron chi connectivity index (χ4n) is 1.84. The number of carbonyl (C=O) groups excluding carboxylic acids is 1. The lowest BCUT2D eigenvalue weighted by atomic mass is 10.1. The second kappa shape index (κ2) is 5.43. The van der Waals surface area contributed by atoms with Crippen LogP contribution in [0.3, 0.4) is 0 Å². The van der Waals surface area contributed by atoms with Crippen LogP contribution in [0.2, 0.25) is 5.02 Å². The molecule has 1 heterocycles. The first-order valence-corrected chi connectivity index (χ1v) is 6.74. The molecule has 1 aromatic carbocycles. The van der Waals surface area contributed by atoms with E-state index in [-0.39, 0.29) is 22.8 Å². The third-order valence-corrected chi connectivity index (χ3v) is 4.17. The van der Waals surface area contributed by atoms with Crippen molar-refractivity contribution in [2.45, 2.75) is 13.3 Å². The normalized spacial score (nSPS) is 10.8. The Morgan fingerprint density at radius 1 is 1.53 bits per heavy atom. The molecule has 2 aromatic rings. The van der Waals surface area contributed by atoms with Gasteiger partial charge in [0.1, 0.15) is 0 Å². The van der Waals surface area contributed by atoms with Crippen LogP contribution < -0.4 is 0 Å². The fraction of sp³-hybridized carbons (Fsp3) is 0.231. The van der Waals surface area contributed by atoms with Gasteiger partial charge in [-0.15, -0.1) is 0 Å². The Kier molecular flexibility index (Phi) is 4.06. The van der Waals surface area contributed by atoms with Gasteiger partial charge in [-0.05, 0) is 35.0 Å². The fourth-order valence-corrected chi connectivity index (χ4v) is 2.49. The minimum atomic E-state index is -0.677. The smallest absolute Gasteiger partial charge is 0.171 e. The molecule has 0 aliphatic carbocycles. The van der Waals surface area contributed by atoms with E-state index >= 15 is 0 Å². The van der Waals surface area contributed by atoms with Gasteiger partial charge in [-0.2, -0.15) is 5.10 Å². The maximum absolute atomic E-state index is 13.8. The van der Waals surface area contributed by atoms with Crippen molar-refractivity contribution in [2.75, 3.05) is 0 Å². The summed E-state index contributed by atoms with van der Waals surface area (Å²) in [5, 5.41) is 4.15. The highest BCUT2D eigenvalue weighted by Gasteiger charge is 2.19. The number of Topliss-reactive ketones (excluding diaryl/α,β-unsaturated/α-hetero) is 1. The molecule has 0 fully saturated rings. The largest absolute Gasteiger partial charge is 0.294 e. The van der Waals surface area contributed by atoms with Crippen LogP contribution in [0.5, 0.6) is 0 Å². The van der Waals surface area contributed by atoms with E-state index in [4.69, 9.17) is 11.6 Å². The lowest BCUT2D eigenvalue weighted by Crippen LogP contribution is -2.10. The Morgan fingerprint density at radius 3 is 2.79 bits per heavy atom. The number of aromatic nitrogens is 2. The predicted octanol–water partition coefficient (Wildman–Crippen LogP) is 3.71. The topological polar surface area (TPSA) is 34.9 Å². The summed E-state index contributed by atoms with van der Waals surface area (Å²) in [4.78, 5) is 12.1. The molecular weight excluding hydrogens is 335 g/mol. The van der Waals surface area contributed by atoms with E-state index in [1.165, 1.54) is 12.1 Å². The highest BCUT2D eigenvalue weighted by atomic mass is 79.9. The SMILES string of the molecule is Cc1nn(C)c(CC(=O)c2cccc(Cl)c2F)c1Br. The van der Waals surface area contributed by atoms with Gasteiger partial charge in [-0.1, -0.05) is 17.7 Å². The highest BCUT2D eigenvalue weighted by molar-refractivity contribution is 9.10. The highest BCUT2D eigenvalue weighted by Crippen LogP contribution is 2.24. The van der Waals surface area contributed by atoms with Crippen LogP contribution in [0.15, 0.2) is 22.7 Å². The lowest BCUT2D eigenvalue weighted by Gasteiger charge is -2.05. The van der Waals surface area contributed by atoms with Crippen molar-refractivity contribution in [1.29, 1.82) is 0 Å². The number of hydrogen-bond acceptors (Lipinski definition) is 2. The summed E-state index contributed by atoms with van der Waals surface area (Å²) in [6, 6.07) is 4.40. The van der Waals surface area contributed by atoms with E-state index in [2.05, 4.69) is 21.0 Å². The van der Waals surface area contributed by atoms with Gasteiger partial charge >= 0.3 is 0 Å². The molecule has 0 saturated carbocycles. The van der Waals surface area contributed by atoms with Crippen molar-refractivity contribution in [3.05, 3.63) is 50.5 Å². The summed E-state index contributed by atoms with van der Waals surface area (Å²) in [5.74, 6) is -1.01. The molecule has 0 atom stereocenters. The number of hydrogen-bond donors (Lipinski definition) is 0. The van der Waals surface area contributed by atoms with Crippen molar-refractivity contribution >= 4 is 33.3 Å². The predicted molar refractivity (Wildman–Crippen MR) is 75.1 cm³/mol. The van der Waals surface area contributed by atoms with Gasteiger partial charge in [0, 0.05) is 7.05 Å². The molecule has 0 amide bonds. The average Bonchev–Trinajstić information content (AvgIpc) is 2.59. The van der Waals surface area contributed by atoms with Crippen molar-refractivity contribution in [3.63, 3.8) is 0 Å². The minimum absolute atomic E-state index is 0.00162. The first kappa shape index (κ1) is 14.2. The van der Waals surface area contributed by atoms with E-state index in [0.717, 1.165) is 10.2 Å². The van der Waals surface area contributed by atoms with Crippen LogP contribution in [0.4, 0.5) is 4.39 Å². The summed E-state index contributed by atoms with van der Waals surface area (Å²) in [6.07, 6.45) is 0.0647. The first-order valence-electron chi connectivity index (χ1n) is 5.57. The van der Waals surface area contributed by atoms with E-state index in [9.17, 15) is 9.18 Å². The number of halogens is 3. The zero-order chi connectivity index (χ0) is 14.2. The van der Waals surface area contributed by atoms with Crippen molar-refractivity contribution < 1.29 is 9.18 Å². The van der Waals surface area contributed by atoms with Crippen molar-refractivity contribution in [3.8, 4) is 0 Å². The molecule has 19 heavy (non-hydrogen) atoms. The average molecular weight is 346 g/mol. The molecule has 0 radical (unpaired) electrons. The molecule has 6 heteroatoms. The third-order valence-electron chi connectivity index (χ3n) is 2.84. The minimum Gasteiger partial charge on any atom is -0.294 e. The van der Waals surface area contributed by atoms with Crippen LogP contribution in [0.25, 0.3) is 0 Å². The summed E-state index contributed by atoms with van der Waals surface area (Å²) in [6.45, 7) is 1.83. The van der Waals surface area contributed by atoms with Crippen molar-refractivity contribution in [1.82, 2.24) is 9.78 Å². The molecule has 0 aliphatic rings. The van der Waals surface area contributed by atoms with Gasteiger partial charge in [-0.3, -0.25) is 9.48 Å². The molecular formula is C13H11BrClFN2O. The number of benzene rings is 1. The Morgan fingerprint density at radius 2 is 2.21 bits per heavy atom. The number of aryl methyl sites for hydroxylation is 2. The Labute approximate surface area is 123 Å². The molecule has 0 N–H and O–H groups in total. The second-order valence-electron chi connectivity index (χ2n) is 4.17. The summed E-state index contributed by atoms with van der Waals surface area (Å²) in [5.41, 5.74) is 1.50. The molecule has 2 rings (SSSR count). The van der Waals surface area contributed by atoms with Gasteiger partial charge < -0.3 is 0 Å². The lowest BCUT2D eigenvalue weighted by molar-refractivity contribution is 0.0986. The molecule has 0 saturated heterocycles. The monoisotopic (exact) mass is 344 g/mol. The van der Waals surface area contributed by atoms with E-state index < -0.39 is 5.82 Å². The van der Waals surface area contributed by atoms with Crippen LogP contribution in [0, 0.1) is 12.7 Å². The van der Waals surface area contributed by atoms with Crippen LogP contribution >= 0.6 is 27.5 Å². The summed E-state index contributed by atoms with van der Waals surface area (Å²) in [7, 11) is 1.74. The maximum Gasteiger partial charge on any atom is 0.171 e. The molecule has 0 unspecified atom stereocenters. The van der Waals surface area contributed by atoms with Crippen LogP contribution in [-0.2, 0) is 13.5 Å². The Bertz CT molecular complexity index is 654. The molecule has 0 aliphatic heterocycles. The quantitative estimate of drug-likeness (QED) is 0.795. The number of nitrogens with zero attached hydrogens (tertiary/aromatic N) is 2. The molecule has 3 nitrogen and oxygen atoms in total. The molecule has 0 bridgehead atoms. The molecule has 0 spiro atoms. The standard InChI is InChI=1S/C13H11BrClFN2O/c1-7-12(14)10(18(2)17-7)6-11(19)8-4-3-5-9(15)13(8)16/h3-5H,6H2,1-2H3. The summed E-state index contributed by atoms with van der Waals surface area (Å²) >= 11 is 9.05. The summed E-state index contributed by atoms with van der Waals surface area (Å²) < 4.78 is 16.2. The van der Waals surface area contributed by atoms with Gasteiger partial charge in [-0.25, -0.2) is 4.39 Å². The van der Waals surface area contributed by atoms with E-state index in [1.54, 1.807) is 17.8 Å². The van der Waals surface area contributed by atoms with Gasteiger partial charge in [0.2, 0.25) is 0 Å². The second-order valence-corrected chi connectivity index (χ2v) is 5.37. The van der Waals surface area contributed by atoms with E-state index in [0.29, 0.717) is 5.69 Å². The third kappa shape index (κ3) is 2.72.